The highest BCUT2D eigenvalue weighted by atomic mass is 16.3. The second kappa shape index (κ2) is 7.29. The Morgan fingerprint density at radius 2 is 1.88 bits per heavy atom. The molecule has 0 amide bonds. The van der Waals surface area contributed by atoms with Crippen molar-refractivity contribution in [2.45, 2.75) is 71.4 Å². The van der Waals surface area contributed by atoms with Gasteiger partial charge in [-0.15, -0.1) is 0 Å². The third-order valence-electron chi connectivity index (χ3n) is 4.09. The summed E-state index contributed by atoms with van der Waals surface area (Å²) in [6.07, 6.45) is 7.19. The Balaban J connectivity index is 2.06. The number of nitrogens with one attached hydrogen (secondary N) is 1. The van der Waals surface area contributed by atoms with E-state index in [1.807, 2.05) is 0 Å². The average Bonchev–Trinajstić information content (AvgIpc) is 2.26. The van der Waals surface area contributed by atoms with Crippen molar-refractivity contribution in [2.24, 2.45) is 11.8 Å². The Labute approximate surface area is 101 Å². The van der Waals surface area contributed by atoms with Crippen LogP contribution in [0.1, 0.15) is 59.3 Å². The maximum Gasteiger partial charge on any atom is 0.0568 e. The van der Waals surface area contributed by atoms with Crippen LogP contribution >= 0.6 is 0 Å². The van der Waals surface area contributed by atoms with Crippen LogP contribution < -0.4 is 5.32 Å². The first-order valence-corrected chi connectivity index (χ1v) is 7.02. The van der Waals surface area contributed by atoms with Crippen LogP contribution in [0.5, 0.6) is 0 Å². The van der Waals surface area contributed by atoms with E-state index in [2.05, 4.69) is 26.1 Å². The van der Waals surface area contributed by atoms with Crippen LogP contribution in [-0.4, -0.2) is 23.8 Å². The van der Waals surface area contributed by atoms with Crippen LogP contribution in [0.4, 0.5) is 0 Å². The minimum Gasteiger partial charge on any atom is -0.393 e. The fourth-order valence-corrected chi connectivity index (χ4v) is 2.45. The molecule has 0 aliphatic heterocycles. The molecule has 0 bridgehead atoms. The first kappa shape index (κ1) is 14.0. The van der Waals surface area contributed by atoms with E-state index >= 15 is 0 Å². The van der Waals surface area contributed by atoms with E-state index in [0.717, 1.165) is 13.0 Å². The highest BCUT2D eigenvalue weighted by Gasteiger charge is 2.22. The van der Waals surface area contributed by atoms with Gasteiger partial charge in [-0.05, 0) is 51.0 Å². The van der Waals surface area contributed by atoms with Gasteiger partial charge in [0.2, 0.25) is 0 Å². The average molecular weight is 227 g/mol. The van der Waals surface area contributed by atoms with Crippen LogP contribution in [0.15, 0.2) is 0 Å². The molecule has 0 saturated heterocycles. The smallest absolute Gasteiger partial charge is 0.0568 e. The molecule has 16 heavy (non-hydrogen) atoms. The third-order valence-corrected chi connectivity index (χ3v) is 4.09. The van der Waals surface area contributed by atoms with E-state index in [-0.39, 0.29) is 6.10 Å². The maximum absolute atomic E-state index is 9.85. The molecule has 0 aromatic rings. The van der Waals surface area contributed by atoms with Crippen molar-refractivity contribution < 1.29 is 5.11 Å². The van der Waals surface area contributed by atoms with Gasteiger partial charge in [0, 0.05) is 6.04 Å². The summed E-state index contributed by atoms with van der Waals surface area (Å²) in [7, 11) is 0. The van der Waals surface area contributed by atoms with Gasteiger partial charge >= 0.3 is 0 Å². The number of hydrogen-bond donors (Lipinski definition) is 2. The Morgan fingerprint density at radius 3 is 2.50 bits per heavy atom. The minimum absolute atomic E-state index is 0.0173. The number of hydrogen-bond acceptors (Lipinski definition) is 2. The molecule has 1 saturated carbocycles. The maximum atomic E-state index is 9.85. The zero-order chi connectivity index (χ0) is 12.0. The molecule has 0 heterocycles. The number of aliphatic hydroxyl groups is 1. The van der Waals surface area contributed by atoms with Crippen molar-refractivity contribution in [3.63, 3.8) is 0 Å². The molecule has 2 N–H and O–H groups in total. The van der Waals surface area contributed by atoms with Crippen molar-refractivity contribution in [3.05, 3.63) is 0 Å². The third kappa shape index (κ3) is 4.84. The van der Waals surface area contributed by atoms with Gasteiger partial charge in [-0.2, -0.15) is 0 Å². The standard InChI is InChI=1S/C14H29NO/c1-11(2)12(3)15-10-6-8-13-7-4-5-9-14(13)16/h11-16H,4-10H2,1-3H3. The van der Waals surface area contributed by atoms with E-state index in [9.17, 15) is 5.11 Å². The molecule has 1 aliphatic rings. The molecule has 2 heteroatoms. The Bertz CT molecular complexity index is 182. The summed E-state index contributed by atoms with van der Waals surface area (Å²) >= 11 is 0. The fourth-order valence-electron chi connectivity index (χ4n) is 2.45. The van der Waals surface area contributed by atoms with Gasteiger partial charge in [-0.3, -0.25) is 0 Å². The lowest BCUT2D eigenvalue weighted by Gasteiger charge is -2.27. The summed E-state index contributed by atoms with van der Waals surface area (Å²) in [5.74, 6) is 1.28. The van der Waals surface area contributed by atoms with Crippen LogP contribution in [0.25, 0.3) is 0 Å². The Morgan fingerprint density at radius 1 is 1.19 bits per heavy atom. The van der Waals surface area contributed by atoms with E-state index in [0.29, 0.717) is 17.9 Å². The molecular formula is C14H29NO. The van der Waals surface area contributed by atoms with Gasteiger partial charge in [-0.1, -0.05) is 26.7 Å². The molecule has 3 atom stereocenters. The van der Waals surface area contributed by atoms with Gasteiger partial charge in [0.25, 0.3) is 0 Å². The van der Waals surface area contributed by atoms with Crippen LogP contribution in [-0.2, 0) is 0 Å². The largest absolute Gasteiger partial charge is 0.393 e. The second-order valence-electron chi connectivity index (χ2n) is 5.74. The summed E-state index contributed by atoms with van der Waals surface area (Å²) in [5, 5.41) is 13.4. The van der Waals surface area contributed by atoms with Crippen molar-refractivity contribution in [1.82, 2.24) is 5.32 Å². The molecule has 96 valence electrons. The van der Waals surface area contributed by atoms with Crippen molar-refractivity contribution >= 4 is 0 Å². The fraction of sp³-hybridized carbons (Fsp3) is 1.00. The molecule has 1 rings (SSSR count). The normalized spacial score (nSPS) is 28.3. The summed E-state index contributed by atoms with van der Waals surface area (Å²) in [6.45, 7) is 7.85. The predicted octanol–water partition coefficient (Wildman–Crippen LogP) is 2.95. The molecule has 0 aromatic carbocycles. The Kier molecular flexibility index (Phi) is 6.37. The zero-order valence-corrected chi connectivity index (χ0v) is 11.2. The number of aliphatic hydroxyl groups excluding tert-OH is 1. The molecule has 0 aromatic heterocycles. The van der Waals surface area contributed by atoms with Gasteiger partial charge in [0.15, 0.2) is 0 Å². The van der Waals surface area contributed by atoms with E-state index in [1.54, 1.807) is 0 Å². The van der Waals surface area contributed by atoms with E-state index in [4.69, 9.17) is 0 Å². The second-order valence-corrected chi connectivity index (χ2v) is 5.74. The number of rotatable bonds is 6. The Hall–Kier alpha value is -0.0800. The first-order valence-electron chi connectivity index (χ1n) is 7.02. The van der Waals surface area contributed by atoms with Crippen LogP contribution in [0.2, 0.25) is 0 Å². The predicted molar refractivity (Wildman–Crippen MR) is 69.5 cm³/mol. The van der Waals surface area contributed by atoms with Gasteiger partial charge in [-0.25, -0.2) is 0 Å². The van der Waals surface area contributed by atoms with Crippen molar-refractivity contribution in [2.75, 3.05) is 6.54 Å². The van der Waals surface area contributed by atoms with E-state index in [1.165, 1.54) is 32.1 Å². The lowest BCUT2D eigenvalue weighted by Crippen LogP contribution is -2.32. The molecular weight excluding hydrogens is 198 g/mol. The summed E-state index contributed by atoms with van der Waals surface area (Å²) in [5.41, 5.74) is 0. The van der Waals surface area contributed by atoms with Gasteiger partial charge in [0.1, 0.15) is 0 Å². The van der Waals surface area contributed by atoms with E-state index < -0.39 is 0 Å². The van der Waals surface area contributed by atoms with Crippen molar-refractivity contribution in [1.29, 1.82) is 0 Å². The molecule has 2 nitrogen and oxygen atoms in total. The summed E-state index contributed by atoms with van der Waals surface area (Å²) in [4.78, 5) is 0. The topological polar surface area (TPSA) is 32.3 Å². The quantitative estimate of drug-likeness (QED) is 0.684. The molecule has 1 aliphatic carbocycles. The first-order chi connectivity index (χ1) is 7.61. The highest BCUT2D eigenvalue weighted by molar-refractivity contribution is 4.75. The lowest BCUT2D eigenvalue weighted by molar-refractivity contribution is 0.0641. The SMILES string of the molecule is CC(C)C(C)NCCCC1CCCCC1O. The summed E-state index contributed by atoms with van der Waals surface area (Å²) in [6, 6.07) is 0.608. The molecule has 3 unspecified atom stereocenters. The summed E-state index contributed by atoms with van der Waals surface area (Å²) < 4.78 is 0. The van der Waals surface area contributed by atoms with Gasteiger partial charge in [0.05, 0.1) is 6.10 Å². The van der Waals surface area contributed by atoms with Crippen LogP contribution in [0, 0.1) is 11.8 Å². The van der Waals surface area contributed by atoms with Crippen molar-refractivity contribution in [3.8, 4) is 0 Å². The zero-order valence-electron chi connectivity index (χ0n) is 11.2. The molecule has 0 radical (unpaired) electrons. The monoisotopic (exact) mass is 227 g/mol. The van der Waals surface area contributed by atoms with Gasteiger partial charge < -0.3 is 10.4 Å². The van der Waals surface area contributed by atoms with Crippen LogP contribution in [0.3, 0.4) is 0 Å². The lowest BCUT2D eigenvalue weighted by atomic mass is 9.83. The molecule has 1 fully saturated rings. The highest BCUT2D eigenvalue weighted by Crippen LogP contribution is 2.27. The minimum atomic E-state index is -0.0173. The molecule has 0 spiro atoms.